The number of nitrogens with one attached hydrogen (secondary N) is 2. The molecule has 1 atom stereocenters. The van der Waals surface area contributed by atoms with E-state index in [1.807, 2.05) is 51.4 Å². The van der Waals surface area contributed by atoms with Crippen molar-refractivity contribution in [2.75, 3.05) is 20.7 Å². The molecule has 0 amide bonds. The Balaban J connectivity index is 2.41. The molecule has 0 aliphatic rings. The van der Waals surface area contributed by atoms with E-state index in [0.29, 0.717) is 28.9 Å². The molecule has 0 saturated heterocycles. The van der Waals surface area contributed by atoms with E-state index in [0.717, 1.165) is 10.5 Å². The van der Waals surface area contributed by atoms with Crippen LogP contribution in [0.3, 0.4) is 0 Å². The van der Waals surface area contributed by atoms with Gasteiger partial charge in [0.1, 0.15) is 0 Å². The molecule has 134 valence electrons. The number of esters is 1. The van der Waals surface area contributed by atoms with Gasteiger partial charge in [-0.15, -0.1) is 0 Å². The Morgan fingerprint density at radius 1 is 1.08 bits per heavy atom. The highest BCUT2D eigenvalue weighted by Crippen LogP contribution is 2.22. The lowest BCUT2D eigenvalue weighted by molar-refractivity contribution is -0.874. The highest BCUT2D eigenvalue weighted by Gasteiger charge is 2.33. The van der Waals surface area contributed by atoms with Crippen molar-refractivity contribution in [3.05, 3.63) is 58.4 Å². The molecule has 1 aromatic carbocycles. The van der Waals surface area contributed by atoms with E-state index >= 15 is 0 Å². The number of rotatable bonds is 7. The number of aryl methyl sites for hydroxylation is 2. The van der Waals surface area contributed by atoms with Gasteiger partial charge in [0.15, 0.2) is 6.04 Å². The molecule has 5 nitrogen and oxygen atoms in total. The lowest BCUT2D eigenvalue weighted by Gasteiger charge is -2.21. The molecule has 25 heavy (non-hydrogen) atoms. The summed E-state index contributed by atoms with van der Waals surface area (Å²) in [6.07, 6.45) is 0.619. The number of hydrogen-bond donors (Lipinski definition) is 2. The summed E-state index contributed by atoms with van der Waals surface area (Å²) in [6, 6.07) is 9.66. The number of Topliss-reactive ketones (excluding diaryl/α,β-unsaturated/α-hetero) is 1. The average Bonchev–Trinajstić information content (AvgIpc) is 2.87. The predicted octanol–water partition coefficient (Wildman–Crippen LogP) is 1.75. The second kappa shape index (κ2) is 8.12. The number of carbonyl (C=O) groups excluding carboxylic acids is 2. The lowest BCUT2D eigenvalue weighted by atomic mass is 9.94. The Kier molecular flexibility index (Phi) is 6.15. The second-order valence-electron chi connectivity index (χ2n) is 6.53. The topological polar surface area (TPSA) is 63.6 Å². The molecule has 2 N–H and O–H groups in total. The van der Waals surface area contributed by atoms with E-state index in [1.165, 1.54) is 0 Å². The molecule has 2 rings (SSSR count). The van der Waals surface area contributed by atoms with Crippen LogP contribution in [0.2, 0.25) is 0 Å². The van der Waals surface area contributed by atoms with Gasteiger partial charge in [-0.3, -0.25) is 4.79 Å². The summed E-state index contributed by atoms with van der Waals surface area (Å²) in [7, 11) is 3.93. The zero-order valence-electron chi connectivity index (χ0n) is 15.6. The fraction of sp³-hybridized carbons (Fsp3) is 0.400. The number of aromatic nitrogens is 1. The number of carbonyl (C=O) groups is 2. The van der Waals surface area contributed by atoms with Crippen LogP contribution in [0, 0.1) is 13.8 Å². The van der Waals surface area contributed by atoms with Crippen molar-refractivity contribution < 1.29 is 19.2 Å². The number of likely N-dealkylation sites (N-methyl/N-ethyl adjacent to an activating group) is 1. The molecule has 2 aromatic rings. The summed E-state index contributed by atoms with van der Waals surface area (Å²) in [6.45, 7) is 5.66. The average molecular weight is 343 g/mol. The maximum atomic E-state index is 13.3. The first-order valence-corrected chi connectivity index (χ1v) is 8.61. The predicted molar refractivity (Wildman–Crippen MR) is 97.3 cm³/mol. The van der Waals surface area contributed by atoms with E-state index < -0.39 is 5.97 Å². The third kappa shape index (κ3) is 4.17. The van der Waals surface area contributed by atoms with Gasteiger partial charge >= 0.3 is 5.97 Å². The first-order valence-electron chi connectivity index (χ1n) is 8.61. The number of aromatic amines is 1. The molecule has 0 unspecified atom stereocenters. The normalized spacial score (nSPS) is 12.2. The SMILES string of the molecule is CCOC(=O)c1c(C)[nH]c(C)c1C(=O)[C@@H](Cc1ccccc1)[NH+](C)C. The van der Waals surface area contributed by atoms with Gasteiger partial charge in [0.2, 0.25) is 5.78 Å². The summed E-state index contributed by atoms with van der Waals surface area (Å²) in [5.74, 6) is -0.478. The summed E-state index contributed by atoms with van der Waals surface area (Å²) < 4.78 is 5.15. The van der Waals surface area contributed by atoms with Crippen LogP contribution in [0.15, 0.2) is 30.3 Å². The Morgan fingerprint density at radius 3 is 2.24 bits per heavy atom. The summed E-state index contributed by atoms with van der Waals surface area (Å²) in [5.41, 5.74) is 3.31. The monoisotopic (exact) mass is 343 g/mol. The van der Waals surface area contributed by atoms with Crippen molar-refractivity contribution in [1.82, 2.24) is 4.98 Å². The summed E-state index contributed by atoms with van der Waals surface area (Å²) in [4.78, 5) is 29.8. The number of H-pyrrole nitrogens is 1. The van der Waals surface area contributed by atoms with Gasteiger partial charge in [-0.1, -0.05) is 30.3 Å². The van der Waals surface area contributed by atoms with Crippen LogP contribution < -0.4 is 4.90 Å². The molecule has 0 spiro atoms. The van der Waals surface area contributed by atoms with Crippen LogP contribution in [0.5, 0.6) is 0 Å². The van der Waals surface area contributed by atoms with E-state index in [-0.39, 0.29) is 18.4 Å². The first kappa shape index (κ1) is 18.9. The van der Waals surface area contributed by atoms with Crippen LogP contribution in [-0.2, 0) is 11.2 Å². The quantitative estimate of drug-likeness (QED) is 0.595. The third-order valence-electron chi connectivity index (χ3n) is 4.40. The number of ether oxygens (including phenoxy) is 1. The van der Waals surface area contributed by atoms with E-state index in [4.69, 9.17) is 4.74 Å². The fourth-order valence-corrected chi connectivity index (χ4v) is 3.13. The summed E-state index contributed by atoms with van der Waals surface area (Å²) in [5, 5.41) is 0. The van der Waals surface area contributed by atoms with Crippen molar-refractivity contribution in [3.63, 3.8) is 0 Å². The van der Waals surface area contributed by atoms with Gasteiger partial charge in [0, 0.05) is 17.8 Å². The smallest absolute Gasteiger partial charge is 0.340 e. The molecule has 0 bridgehead atoms. The zero-order chi connectivity index (χ0) is 18.6. The molecule has 0 radical (unpaired) electrons. The van der Waals surface area contributed by atoms with Gasteiger partial charge in [0.25, 0.3) is 0 Å². The van der Waals surface area contributed by atoms with Crippen LogP contribution >= 0.6 is 0 Å². The van der Waals surface area contributed by atoms with E-state index in [9.17, 15) is 9.59 Å². The first-order chi connectivity index (χ1) is 11.9. The maximum absolute atomic E-state index is 13.3. The van der Waals surface area contributed by atoms with Crippen LogP contribution in [-0.4, -0.2) is 43.5 Å². The van der Waals surface area contributed by atoms with Gasteiger partial charge < -0.3 is 14.6 Å². The van der Waals surface area contributed by atoms with Crippen molar-refractivity contribution >= 4 is 11.8 Å². The van der Waals surface area contributed by atoms with Crippen LogP contribution in [0.4, 0.5) is 0 Å². The van der Waals surface area contributed by atoms with E-state index in [2.05, 4.69) is 4.98 Å². The maximum Gasteiger partial charge on any atom is 0.340 e. The second-order valence-corrected chi connectivity index (χ2v) is 6.53. The van der Waals surface area contributed by atoms with Crippen LogP contribution in [0.1, 0.15) is 44.6 Å². The van der Waals surface area contributed by atoms with E-state index in [1.54, 1.807) is 13.8 Å². The minimum atomic E-state index is -0.445. The molecule has 0 fully saturated rings. The fourth-order valence-electron chi connectivity index (χ4n) is 3.13. The van der Waals surface area contributed by atoms with Crippen LogP contribution in [0.25, 0.3) is 0 Å². The van der Waals surface area contributed by atoms with Gasteiger partial charge in [-0.25, -0.2) is 4.79 Å². The van der Waals surface area contributed by atoms with Crippen molar-refractivity contribution in [2.45, 2.75) is 33.2 Å². The molecule has 1 aromatic heterocycles. The highest BCUT2D eigenvalue weighted by molar-refractivity contribution is 6.09. The van der Waals surface area contributed by atoms with Crippen molar-refractivity contribution in [1.29, 1.82) is 0 Å². The molecular formula is C20H27N2O3+. The van der Waals surface area contributed by atoms with Gasteiger partial charge in [-0.2, -0.15) is 0 Å². The summed E-state index contributed by atoms with van der Waals surface area (Å²) >= 11 is 0. The Bertz CT molecular complexity index is 748. The Morgan fingerprint density at radius 2 is 1.68 bits per heavy atom. The Labute approximate surface area is 149 Å². The highest BCUT2D eigenvalue weighted by atomic mass is 16.5. The minimum Gasteiger partial charge on any atom is -0.462 e. The molecular weight excluding hydrogens is 316 g/mol. The molecule has 0 aliphatic carbocycles. The zero-order valence-corrected chi connectivity index (χ0v) is 15.6. The Hall–Kier alpha value is -2.40. The molecule has 0 aliphatic heterocycles. The van der Waals surface area contributed by atoms with Crippen molar-refractivity contribution in [3.8, 4) is 0 Å². The van der Waals surface area contributed by atoms with Gasteiger partial charge in [0.05, 0.1) is 31.8 Å². The number of benzene rings is 1. The lowest BCUT2D eigenvalue weighted by Crippen LogP contribution is -3.11. The van der Waals surface area contributed by atoms with Crippen molar-refractivity contribution in [2.24, 2.45) is 0 Å². The number of hydrogen-bond acceptors (Lipinski definition) is 3. The molecule has 5 heteroatoms. The standard InChI is InChI=1S/C20H26N2O3/c1-6-25-20(24)18-14(3)21-13(2)17(18)19(23)16(22(4)5)12-15-10-8-7-9-11-15/h7-11,16,21H,6,12H2,1-5H3/p+1/t16-/m1/s1. The number of quaternary nitrogens is 1. The number of ketones is 1. The minimum absolute atomic E-state index is 0.0336. The molecule has 0 saturated carbocycles. The largest absolute Gasteiger partial charge is 0.462 e. The molecule has 1 heterocycles. The van der Waals surface area contributed by atoms with Gasteiger partial charge in [-0.05, 0) is 26.3 Å². The third-order valence-corrected chi connectivity index (χ3v) is 4.40.